The molecular formula is C13H13IN4O2. The highest BCUT2D eigenvalue weighted by Crippen LogP contribution is 2.39. The van der Waals surface area contributed by atoms with Crippen LogP contribution in [0, 0.1) is 6.92 Å². The Morgan fingerprint density at radius 3 is 2.85 bits per heavy atom. The van der Waals surface area contributed by atoms with E-state index in [2.05, 4.69) is 10.4 Å². The van der Waals surface area contributed by atoms with E-state index in [1.807, 2.05) is 36.1 Å². The molecule has 0 aliphatic carbocycles. The number of carbonyl (C=O) groups is 1. The van der Waals surface area contributed by atoms with Gasteiger partial charge in [0, 0.05) is 7.05 Å². The van der Waals surface area contributed by atoms with Gasteiger partial charge in [0.2, 0.25) is 0 Å². The highest BCUT2D eigenvalue weighted by Gasteiger charge is 2.30. The number of nitrogens with zero attached hydrogens (tertiary/aromatic N) is 3. The zero-order valence-corrected chi connectivity index (χ0v) is 13.2. The van der Waals surface area contributed by atoms with E-state index in [1.54, 1.807) is 11.7 Å². The van der Waals surface area contributed by atoms with Gasteiger partial charge in [-0.25, -0.2) is 0 Å². The van der Waals surface area contributed by atoms with E-state index >= 15 is 0 Å². The first-order valence-corrected chi connectivity index (χ1v) is 8.47. The van der Waals surface area contributed by atoms with Gasteiger partial charge in [-0.3, -0.25) is 12.5 Å². The van der Waals surface area contributed by atoms with Gasteiger partial charge in [-0.15, -0.1) is 0 Å². The first-order chi connectivity index (χ1) is 9.63. The average Bonchev–Trinajstić information content (AvgIpc) is 2.64. The van der Waals surface area contributed by atoms with Crippen LogP contribution >= 0.6 is 21.2 Å². The summed E-state index contributed by atoms with van der Waals surface area (Å²) in [6, 6.07) is 7.52. The number of halogens is 1. The van der Waals surface area contributed by atoms with E-state index in [-0.39, 0.29) is 5.91 Å². The Bertz CT molecular complexity index is 710. The number of nitrogens with one attached hydrogen (secondary N) is 1. The summed E-state index contributed by atoms with van der Waals surface area (Å²) in [6.07, 6.45) is 0. The molecule has 0 saturated carbocycles. The predicted molar refractivity (Wildman–Crippen MR) is 84.1 cm³/mol. The second-order valence-corrected chi connectivity index (χ2v) is 5.84. The summed E-state index contributed by atoms with van der Waals surface area (Å²) in [5.74, 6) is -0.192. The lowest BCUT2D eigenvalue weighted by atomic mass is 10.2. The Labute approximate surface area is 126 Å². The number of alkyl halides is 1. The zero-order valence-electron chi connectivity index (χ0n) is 11.1. The molecule has 0 spiro atoms. The molecule has 6 nitrogen and oxygen atoms in total. The summed E-state index contributed by atoms with van der Waals surface area (Å²) in [5.41, 5.74) is 3.57. The molecular weight excluding hydrogens is 371 g/mol. The highest BCUT2D eigenvalue weighted by atomic mass is 127. The summed E-state index contributed by atoms with van der Waals surface area (Å²) in [6.45, 7) is 1.86. The number of rotatable bonds is 2. The molecule has 0 atom stereocenters. The lowest BCUT2D eigenvalue weighted by molar-refractivity contribution is 0.101. The van der Waals surface area contributed by atoms with E-state index in [0.29, 0.717) is 10.2 Å². The van der Waals surface area contributed by atoms with Crippen molar-refractivity contribution < 1.29 is 7.86 Å². The topological polar surface area (TPSA) is 67.2 Å². The zero-order chi connectivity index (χ0) is 14.3. The number of fused-ring (bicyclic) bond motifs is 2. The fourth-order valence-electron chi connectivity index (χ4n) is 2.51. The first kappa shape index (κ1) is 13.2. The fourth-order valence-corrected chi connectivity index (χ4v) is 3.50. The van der Waals surface area contributed by atoms with Crippen LogP contribution in [0.2, 0.25) is 0 Å². The van der Waals surface area contributed by atoms with Gasteiger partial charge in [-0.05, 0) is 19.1 Å². The average molecular weight is 384 g/mol. The molecule has 20 heavy (non-hydrogen) atoms. The maximum Gasteiger partial charge on any atom is 0.276 e. The molecule has 0 unspecified atom stereocenters. The van der Waals surface area contributed by atoms with Crippen LogP contribution in [0.3, 0.4) is 0 Å². The summed E-state index contributed by atoms with van der Waals surface area (Å²) in [5, 5.41) is 7.20. The van der Waals surface area contributed by atoms with Gasteiger partial charge in [-0.1, -0.05) is 12.1 Å². The number of carbonyl (C=O) groups excluding carboxylic acids is 1. The van der Waals surface area contributed by atoms with Crippen molar-refractivity contribution in [2.75, 3.05) is 14.8 Å². The number of aromatic nitrogens is 2. The molecule has 0 radical (unpaired) electrons. The highest BCUT2D eigenvalue weighted by molar-refractivity contribution is 14.1. The van der Waals surface area contributed by atoms with Gasteiger partial charge >= 0.3 is 0 Å². The number of hydrogen-bond acceptors (Lipinski definition) is 4. The molecule has 1 aliphatic heterocycles. The van der Waals surface area contributed by atoms with Crippen LogP contribution in [0.15, 0.2) is 24.3 Å². The molecule has 0 bridgehead atoms. The van der Waals surface area contributed by atoms with Gasteiger partial charge in [0.1, 0.15) is 10.2 Å². The van der Waals surface area contributed by atoms with Crippen LogP contribution < -0.4 is 10.2 Å². The Hall–Kier alpha value is -1.77. The Morgan fingerprint density at radius 2 is 2.10 bits per heavy atom. The van der Waals surface area contributed by atoms with Crippen LogP contribution in [0.1, 0.15) is 16.2 Å². The molecule has 2 aromatic rings. The van der Waals surface area contributed by atoms with E-state index in [0.717, 1.165) is 22.8 Å². The van der Waals surface area contributed by atoms with Crippen LogP contribution in [0.4, 0.5) is 17.1 Å². The maximum absolute atomic E-state index is 12.4. The van der Waals surface area contributed by atoms with Crippen molar-refractivity contribution in [2.24, 2.45) is 7.05 Å². The standard InChI is InChI=1S/C13H13IN4O2/c1-8-11-12(17(2)16-8)13(19)15-9-5-3-4-6-10(9)18(11)7-14-20/h3-6H,7H2,1-2H3,(H,15,19). The molecule has 2 heterocycles. The van der Waals surface area contributed by atoms with Crippen molar-refractivity contribution in [1.82, 2.24) is 9.78 Å². The minimum atomic E-state index is -1.20. The van der Waals surface area contributed by atoms with Gasteiger partial charge in [0.05, 0.1) is 22.8 Å². The number of amides is 1. The maximum atomic E-state index is 12.4. The third-order valence-corrected chi connectivity index (χ3v) is 4.25. The lowest BCUT2D eigenvalue weighted by Crippen LogP contribution is -2.17. The van der Waals surface area contributed by atoms with Crippen LogP contribution in [-0.2, 0) is 10.1 Å². The molecule has 0 saturated heterocycles. The first-order valence-electron chi connectivity index (χ1n) is 6.06. The van der Waals surface area contributed by atoms with E-state index in [4.69, 9.17) is 0 Å². The molecule has 7 heteroatoms. The van der Waals surface area contributed by atoms with E-state index in [9.17, 15) is 7.86 Å². The third kappa shape index (κ3) is 1.92. The largest absolute Gasteiger partial charge is 0.324 e. The quantitative estimate of drug-likeness (QED) is 0.491. The van der Waals surface area contributed by atoms with Crippen molar-refractivity contribution >= 4 is 44.2 Å². The number of aryl methyl sites for hydroxylation is 2. The number of benzene rings is 1. The molecule has 104 valence electrons. The van der Waals surface area contributed by atoms with Crippen LogP contribution in [0.25, 0.3) is 0 Å². The Morgan fingerprint density at radius 1 is 1.35 bits per heavy atom. The van der Waals surface area contributed by atoms with Gasteiger partial charge in [0.25, 0.3) is 5.91 Å². The Kier molecular flexibility index (Phi) is 3.28. The molecule has 1 aromatic heterocycles. The van der Waals surface area contributed by atoms with E-state index < -0.39 is 21.2 Å². The second-order valence-electron chi connectivity index (χ2n) is 4.53. The number of anilines is 3. The third-order valence-electron chi connectivity index (χ3n) is 3.29. The number of para-hydroxylation sites is 2. The molecule has 1 N–H and O–H groups in total. The Balaban J connectivity index is 2.30. The van der Waals surface area contributed by atoms with Crippen LogP contribution in [0.5, 0.6) is 0 Å². The molecule has 1 aromatic carbocycles. The molecule has 3 rings (SSSR count). The minimum Gasteiger partial charge on any atom is -0.324 e. The molecule has 1 aliphatic rings. The summed E-state index contributed by atoms with van der Waals surface area (Å²) in [7, 11) is 1.74. The van der Waals surface area contributed by atoms with Gasteiger partial charge < -0.3 is 10.2 Å². The lowest BCUT2D eigenvalue weighted by Gasteiger charge is -2.21. The van der Waals surface area contributed by atoms with Gasteiger partial charge in [-0.2, -0.15) is 5.10 Å². The van der Waals surface area contributed by atoms with Crippen molar-refractivity contribution in [3.05, 3.63) is 35.7 Å². The summed E-state index contributed by atoms with van der Waals surface area (Å²) < 4.78 is 13.2. The smallest absolute Gasteiger partial charge is 0.276 e. The normalized spacial score (nSPS) is 13.5. The summed E-state index contributed by atoms with van der Waals surface area (Å²) >= 11 is -1.20. The van der Waals surface area contributed by atoms with Crippen molar-refractivity contribution in [2.45, 2.75) is 6.92 Å². The van der Waals surface area contributed by atoms with Gasteiger partial charge in [0.15, 0.2) is 21.2 Å². The molecule has 1 amide bonds. The van der Waals surface area contributed by atoms with Crippen molar-refractivity contribution in [3.8, 4) is 0 Å². The predicted octanol–water partition coefficient (Wildman–Crippen LogP) is 2.71. The fraction of sp³-hybridized carbons (Fsp3) is 0.231. The monoisotopic (exact) mass is 384 g/mol. The van der Waals surface area contributed by atoms with E-state index in [1.165, 1.54) is 0 Å². The molecule has 0 fully saturated rings. The van der Waals surface area contributed by atoms with Crippen LogP contribution in [-0.4, -0.2) is 20.2 Å². The number of hydrogen-bond donors (Lipinski definition) is 1. The van der Waals surface area contributed by atoms with Crippen molar-refractivity contribution in [3.63, 3.8) is 0 Å². The minimum absolute atomic E-state index is 0.192. The SMILES string of the molecule is Cc1nn(C)c2c1N(CI=O)c1ccccc1NC2=O. The summed E-state index contributed by atoms with van der Waals surface area (Å²) in [4.78, 5) is 14.3. The second kappa shape index (κ2) is 4.97. The van der Waals surface area contributed by atoms with Crippen molar-refractivity contribution in [1.29, 1.82) is 0 Å².